The number of likely N-dealkylation sites (N-methyl/N-ethyl adjacent to an activating group) is 1. The second-order valence-corrected chi connectivity index (χ2v) is 5.45. The number of rotatable bonds is 6. The summed E-state index contributed by atoms with van der Waals surface area (Å²) in [5.41, 5.74) is 2.15. The van der Waals surface area contributed by atoms with Gasteiger partial charge < -0.3 is 15.4 Å². The first-order valence-electron chi connectivity index (χ1n) is 6.68. The molecule has 0 saturated carbocycles. The molecule has 0 bridgehead atoms. The molecule has 0 aliphatic rings. The summed E-state index contributed by atoms with van der Waals surface area (Å²) in [6.45, 7) is 0.523. The van der Waals surface area contributed by atoms with Crippen molar-refractivity contribution in [1.82, 2.24) is 10.3 Å². The number of thiazole rings is 1. The summed E-state index contributed by atoms with van der Waals surface area (Å²) in [6.07, 6.45) is 0.291. The molecular formula is C15H17N3O3S. The van der Waals surface area contributed by atoms with Crippen molar-refractivity contribution in [3.63, 3.8) is 0 Å². The van der Waals surface area contributed by atoms with Crippen molar-refractivity contribution in [2.24, 2.45) is 0 Å². The van der Waals surface area contributed by atoms with Gasteiger partial charge >= 0.3 is 5.97 Å². The topological polar surface area (TPSA) is 80.3 Å². The average Bonchev–Trinajstić information content (AvgIpc) is 2.99. The number of nitrogens with zero attached hydrogens (tertiary/aromatic N) is 1. The first kappa shape index (κ1) is 16.0. The van der Waals surface area contributed by atoms with E-state index in [1.807, 2.05) is 11.4 Å². The summed E-state index contributed by atoms with van der Waals surface area (Å²) in [6, 6.07) is 7.07. The first-order chi connectivity index (χ1) is 10.6. The fourth-order valence-corrected chi connectivity index (χ4v) is 2.60. The number of benzene rings is 1. The van der Waals surface area contributed by atoms with Gasteiger partial charge in [0.05, 0.1) is 31.3 Å². The molecule has 2 aromatic rings. The molecule has 0 atom stereocenters. The highest BCUT2D eigenvalue weighted by Crippen LogP contribution is 2.15. The summed E-state index contributed by atoms with van der Waals surface area (Å²) in [4.78, 5) is 27.2. The van der Waals surface area contributed by atoms with E-state index < -0.39 is 0 Å². The van der Waals surface area contributed by atoms with Crippen LogP contribution in [-0.4, -0.2) is 31.0 Å². The van der Waals surface area contributed by atoms with E-state index in [1.165, 1.54) is 18.4 Å². The highest BCUT2D eigenvalue weighted by Gasteiger charge is 2.08. The maximum absolute atomic E-state index is 11.5. The van der Waals surface area contributed by atoms with Gasteiger partial charge in [0, 0.05) is 18.1 Å². The van der Waals surface area contributed by atoms with Crippen LogP contribution < -0.4 is 10.6 Å². The Morgan fingerprint density at radius 3 is 2.91 bits per heavy atom. The molecule has 6 nitrogen and oxygen atoms in total. The molecule has 2 rings (SSSR count). The summed E-state index contributed by atoms with van der Waals surface area (Å²) in [5.74, 6) is -0.426. The quantitative estimate of drug-likeness (QED) is 0.794. The van der Waals surface area contributed by atoms with Gasteiger partial charge in [-0.25, -0.2) is 9.78 Å². The van der Waals surface area contributed by atoms with Gasteiger partial charge in [-0.15, -0.1) is 11.3 Å². The number of nitrogens with one attached hydrogen (secondary N) is 2. The Morgan fingerprint density at radius 2 is 2.18 bits per heavy atom. The normalized spacial score (nSPS) is 10.1. The summed E-state index contributed by atoms with van der Waals surface area (Å²) in [5, 5.41) is 8.46. The zero-order chi connectivity index (χ0) is 15.9. The van der Waals surface area contributed by atoms with E-state index in [0.29, 0.717) is 18.5 Å². The van der Waals surface area contributed by atoms with Gasteiger partial charge in [-0.05, 0) is 18.2 Å². The Labute approximate surface area is 132 Å². The van der Waals surface area contributed by atoms with Crippen molar-refractivity contribution >= 4 is 28.9 Å². The van der Waals surface area contributed by atoms with Crippen LogP contribution in [0.15, 0.2) is 29.6 Å². The molecule has 0 aliphatic carbocycles. The predicted molar refractivity (Wildman–Crippen MR) is 85.0 cm³/mol. The van der Waals surface area contributed by atoms with Crippen molar-refractivity contribution in [1.29, 1.82) is 0 Å². The van der Waals surface area contributed by atoms with Crippen molar-refractivity contribution in [3.05, 3.63) is 45.9 Å². The van der Waals surface area contributed by atoms with Crippen LogP contribution in [0.25, 0.3) is 0 Å². The zero-order valence-corrected chi connectivity index (χ0v) is 13.2. The van der Waals surface area contributed by atoms with Gasteiger partial charge in [0.2, 0.25) is 5.91 Å². The fraction of sp³-hybridized carbons (Fsp3) is 0.267. The largest absolute Gasteiger partial charge is 0.465 e. The minimum atomic E-state index is -0.370. The van der Waals surface area contributed by atoms with Crippen LogP contribution in [0.1, 0.15) is 21.1 Å². The lowest BCUT2D eigenvalue weighted by molar-refractivity contribution is -0.119. The highest BCUT2D eigenvalue weighted by molar-refractivity contribution is 7.09. The maximum Gasteiger partial charge on any atom is 0.337 e. The second-order valence-electron chi connectivity index (χ2n) is 4.51. The van der Waals surface area contributed by atoms with Gasteiger partial charge in [-0.2, -0.15) is 0 Å². The number of carbonyl (C=O) groups excluding carboxylic acids is 2. The number of aromatic nitrogens is 1. The van der Waals surface area contributed by atoms with Crippen LogP contribution in [0.5, 0.6) is 0 Å². The first-order valence-corrected chi connectivity index (χ1v) is 7.56. The zero-order valence-electron chi connectivity index (χ0n) is 12.4. The summed E-state index contributed by atoms with van der Waals surface area (Å²) >= 11 is 1.45. The molecular weight excluding hydrogens is 302 g/mol. The van der Waals surface area contributed by atoms with Crippen molar-refractivity contribution in [3.8, 4) is 0 Å². The third-order valence-electron chi connectivity index (χ3n) is 2.95. The number of carbonyl (C=O) groups is 2. The Kier molecular flexibility index (Phi) is 5.48. The maximum atomic E-state index is 11.5. The van der Waals surface area contributed by atoms with Crippen molar-refractivity contribution in [2.75, 3.05) is 19.5 Å². The molecule has 7 heteroatoms. The lowest BCUT2D eigenvalue weighted by Gasteiger charge is -2.06. The van der Waals surface area contributed by atoms with Crippen molar-refractivity contribution in [2.45, 2.75) is 13.0 Å². The minimum absolute atomic E-state index is 0.0559. The fourth-order valence-electron chi connectivity index (χ4n) is 1.80. The van der Waals surface area contributed by atoms with E-state index >= 15 is 0 Å². The van der Waals surface area contributed by atoms with Crippen molar-refractivity contribution < 1.29 is 14.3 Å². The SMILES string of the molecule is CNC(=O)Cc1nc(CNc2cccc(C(=O)OC)c2)cs1. The molecule has 0 radical (unpaired) electrons. The lowest BCUT2D eigenvalue weighted by Crippen LogP contribution is -2.19. The molecule has 0 fully saturated rings. The average molecular weight is 319 g/mol. The predicted octanol–water partition coefficient (Wildman–Crippen LogP) is 1.83. The van der Waals surface area contributed by atoms with E-state index in [9.17, 15) is 9.59 Å². The Bertz CT molecular complexity index is 670. The standard InChI is InChI=1S/C15H17N3O3S/c1-16-13(19)7-14-18-12(9-22-14)8-17-11-5-3-4-10(6-11)15(20)21-2/h3-6,9,17H,7-8H2,1-2H3,(H,16,19). The van der Waals surface area contributed by atoms with E-state index in [0.717, 1.165) is 16.4 Å². The smallest absolute Gasteiger partial charge is 0.337 e. The number of anilines is 1. The number of amides is 1. The molecule has 1 aromatic carbocycles. The number of esters is 1. The number of hydrogen-bond donors (Lipinski definition) is 2. The van der Waals surface area contributed by atoms with Gasteiger partial charge in [0.1, 0.15) is 5.01 Å². The monoisotopic (exact) mass is 319 g/mol. The van der Waals surface area contributed by atoms with Gasteiger partial charge in [0.25, 0.3) is 0 Å². The molecule has 1 aromatic heterocycles. The van der Waals surface area contributed by atoms with Crippen LogP contribution in [0, 0.1) is 0 Å². The highest BCUT2D eigenvalue weighted by atomic mass is 32.1. The number of methoxy groups -OCH3 is 1. The molecule has 0 saturated heterocycles. The third-order valence-corrected chi connectivity index (χ3v) is 3.84. The van der Waals surface area contributed by atoms with E-state index in [1.54, 1.807) is 25.2 Å². The number of hydrogen-bond acceptors (Lipinski definition) is 6. The Balaban J connectivity index is 1.95. The Morgan fingerprint density at radius 1 is 1.36 bits per heavy atom. The van der Waals surface area contributed by atoms with Crippen LogP contribution >= 0.6 is 11.3 Å². The van der Waals surface area contributed by atoms with Crippen LogP contribution in [0.4, 0.5) is 5.69 Å². The third kappa shape index (κ3) is 4.29. The molecule has 1 heterocycles. The summed E-state index contributed by atoms with van der Waals surface area (Å²) in [7, 11) is 2.96. The second kappa shape index (κ2) is 7.56. The molecule has 0 unspecified atom stereocenters. The minimum Gasteiger partial charge on any atom is -0.465 e. The molecule has 116 valence electrons. The molecule has 1 amide bonds. The summed E-state index contributed by atoms with van der Waals surface area (Å²) < 4.78 is 4.69. The molecule has 2 N–H and O–H groups in total. The van der Waals surface area contributed by atoms with Gasteiger partial charge in [0.15, 0.2) is 0 Å². The van der Waals surface area contributed by atoms with E-state index in [-0.39, 0.29) is 11.9 Å². The van der Waals surface area contributed by atoms with Gasteiger partial charge in [-0.3, -0.25) is 4.79 Å². The van der Waals surface area contributed by atoms with Crippen LogP contribution in [-0.2, 0) is 22.5 Å². The Hall–Kier alpha value is -2.41. The molecule has 0 spiro atoms. The molecule has 0 aliphatic heterocycles. The lowest BCUT2D eigenvalue weighted by atomic mass is 10.2. The van der Waals surface area contributed by atoms with E-state index in [2.05, 4.69) is 20.4 Å². The van der Waals surface area contributed by atoms with Crippen LogP contribution in [0.2, 0.25) is 0 Å². The van der Waals surface area contributed by atoms with E-state index in [4.69, 9.17) is 0 Å². The number of ether oxygens (including phenoxy) is 1. The van der Waals surface area contributed by atoms with Gasteiger partial charge in [-0.1, -0.05) is 6.07 Å². The molecule has 22 heavy (non-hydrogen) atoms. The van der Waals surface area contributed by atoms with Crippen LogP contribution in [0.3, 0.4) is 0 Å².